The molecular weight excluding hydrogens is 220 g/mol. The maximum atomic E-state index is 9.25. The van der Waals surface area contributed by atoms with Crippen LogP contribution in [-0.4, -0.2) is 39.9 Å². The van der Waals surface area contributed by atoms with E-state index in [1.54, 1.807) is 18.7 Å². The zero-order valence-electron chi connectivity index (χ0n) is 10.3. The summed E-state index contributed by atoms with van der Waals surface area (Å²) >= 11 is 0. The first-order chi connectivity index (χ1) is 8.19. The smallest absolute Gasteiger partial charge is 0.100 e. The van der Waals surface area contributed by atoms with Gasteiger partial charge >= 0.3 is 0 Å². The van der Waals surface area contributed by atoms with Crippen LogP contribution in [-0.2, 0) is 24.1 Å². The Morgan fingerprint density at radius 3 is 2.94 bits per heavy atom. The van der Waals surface area contributed by atoms with Gasteiger partial charge in [-0.2, -0.15) is 5.26 Å². The van der Waals surface area contributed by atoms with Crippen LogP contribution in [0.15, 0.2) is 0 Å². The van der Waals surface area contributed by atoms with E-state index >= 15 is 0 Å². The molecule has 1 N–H and O–H groups in total. The predicted octanol–water partition coefficient (Wildman–Crippen LogP) is 0.304. The summed E-state index contributed by atoms with van der Waals surface area (Å²) in [6.07, 6.45) is 1.19. The molecule has 0 aliphatic carbocycles. The molecule has 0 saturated carbocycles. The normalized spacial score (nSPS) is 12.4. The Hall–Kier alpha value is -1.45. The molecule has 0 saturated heterocycles. The summed E-state index contributed by atoms with van der Waals surface area (Å²) in [4.78, 5) is 0. The Morgan fingerprint density at radius 2 is 2.35 bits per heavy atom. The maximum absolute atomic E-state index is 9.25. The summed E-state index contributed by atoms with van der Waals surface area (Å²) in [6.45, 7) is 2.91. The van der Waals surface area contributed by atoms with Gasteiger partial charge in [0.2, 0.25) is 0 Å². The predicted molar refractivity (Wildman–Crippen MR) is 61.2 cm³/mol. The van der Waals surface area contributed by atoms with E-state index in [1.165, 1.54) is 0 Å². The zero-order chi connectivity index (χ0) is 12.7. The van der Waals surface area contributed by atoms with Crippen LogP contribution in [0.1, 0.15) is 24.7 Å². The minimum absolute atomic E-state index is 0.258. The lowest BCUT2D eigenvalue weighted by atomic mass is 10.2. The summed E-state index contributed by atoms with van der Waals surface area (Å²) in [5, 5.41) is 25.9. The van der Waals surface area contributed by atoms with Crippen LogP contribution in [0.3, 0.4) is 0 Å². The van der Waals surface area contributed by atoms with E-state index in [0.717, 1.165) is 5.69 Å². The molecule has 1 unspecified atom stereocenters. The lowest BCUT2D eigenvalue weighted by molar-refractivity contribution is 0.174. The third-order valence-corrected chi connectivity index (χ3v) is 2.47. The van der Waals surface area contributed by atoms with Crippen molar-refractivity contribution in [2.75, 3.05) is 13.7 Å². The number of aryl methyl sites for hydroxylation is 1. The molecule has 0 fully saturated rings. The molecule has 0 radical (unpaired) electrons. The topological polar surface area (TPSA) is 84.0 Å². The number of aromatic nitrogens is 3. The second-order valence-corrected chi connectivity index (χ2v) is 3.92. The molecule has 6 heteroatoms. The van der Waals surface area contributed by atoms with Crippen molar-refractivity contribution in [3.05, 3.63) is 11.4 Å². The quantitative estimate of drug-likeness (QED) is 0.738. The standard InChI is InChI=1S/C11H18N4O2/c1-9(16)4-7-15-11(5-8-17-2)10(3-6-12)13-14-15/h9,16H,3-5,7-8H2,1-2H3. The van der Waals surface area contributed by atoms with Crippen molar-refractivity contribution in [3.8, 4) is 6.07 Å². The largest absolute Gasteiger partial charge is 0.393 e. The fourth-order valence-corrected chi connectivity index (χ4v) is 1.54. The molecule has 1 aromatic heterocycles. The lowest BCUT2D eigenvalue weighted by Gasteiger charge is -2.08. The van der Waals surface area contributed by atoms with Gasteiger partial charge < -0.3 is 9.84 Å². The Bertz CT molecular complexity index is 381. The minimum atomic E-state index is -0.367. The van der Waals surface area contributed by atoms with Crippen molar-refractivity contribution >= 4 is 0 Å². The van der Waals surface area contributed by atoms with E-state index in [2.05, 4.69) is 16.4 Å². The van der Waals surface area contributed by atoms with Gasteiger partial charge in [-0.05, 0) is 13.3 Å². The number of hydrogen-bond acceptors (Lipinski definition) is 5. The Morgan fingerprint density at radius 1 is 1.59 bits per heavy atom. The van der Waals surface area contributed by atoms with Gasteiger partial charge in [0, 0.05) is 20.1 Å². The van der Waals surface area contributed by atoms with Crippen LogP contribution < -0.4 is 0 Å². The van der Waals surface area contributed by atoms with Crippen molar-refractivity contribution in [2.45, 2.75) is 38.8 Å². The molecule has 94 valence electrons. The Balaban J connectivity index is 2.77. The second kappa shape index (κ2) is 6.99. The van der Waals surface area contributed by atoms with Gasteiger partial charge in [-0.15, -0.1) is 5.10 Å². The van der Waals surface area contributed by atoms with Crippen molar-refractivity contribution in [2.24, 2.45) is 0 Å². The summed E-state index contributed by atoms with van der Waals surface area (Å²) in [7, 11) is 1.63. The SMILES string of the molecule is COCCc1c(CC#N)nnn1CCC(C)O. The summed E-state index contributed by atoms with van der Waals surface area (Å²) in [5.41, 5.74) is 1.63. The van der Waals surface area contributed by atoms with Crippen LogP contribution >= 0.6 is 0 Å². The fraction of sp³-hybridized carbons (Fsp3) is 0.727. The molecule has 0 amide bonds. The van der Waals surface area contributed by atoms with Gasteiger partial charge in [0.05, 0.1) is 30.9 Å². The van der Waals surface area contributed by atoms with Crippen molar-refractivity contribution in [1.29, 1.82) is 5.26 Å². The van der Waals surface area contributed by atoms with Crippen LogP contribution in [0.4, 0.5) is 0 Å². The van der Waals surface area contributed by atoms with Crippen LogP contribution in [0.5, 0.6) is 0 Å². The highest BCUT2D eigenvalue weighted by molar-refractivity contribution is 5.14. The van der Waals surface area contributed by atoms with E-state index in [-0.39, 0.29) is 12.5 Å². The number of hydrogen-bond donors (Lipinski definition) is 1. The molecule has 1 rings (SSSR count). The summed E-state index contributed by atoms with van der Waals surface area (Å²) < 4.78 is 6.78. The first-order valence-electron chi connectivity index (χ1n) is 5.64. The molecule has 0 spiro atoms. The van der Waals surface area contributed by atoms with Crippen LogP contribution in [0, 0.1) is 11.3 Å². The number of aliphatic hydroxyl groups is 1. The van der Waals surface area contributed by atoms with Crippen LogP contribution in [0.25, 0.3) is 0 Å². The van der Waals surface area contributed by atoms with Crippen molar-refractivity contribution in [3.63, 3.8) is 0 Å². The molecule has 1 atom stereocenters. The number of aliphatic hydroxyl groups excluding tert-OH is 1. The number of nitriles is 1. The second-order valence-electron chi connectivity index (χ2n) is 3.92. The molecular formula is C11H18N4O2. The summed E-state index contributed by atoms with van der Waals surface area (Å²) in [5.74, 6) is 0. The molecule has 6 nitrogen and oxygen atoms in total. The Labute approximate surface area is 101 Å². The van der Waals surface area contributed by atoms with Gasteiger partial charge in [-0.25, -0.2) is 4.68 Å². The molecule has 1 heterocycles. The summed E-state index contributed by atoms with van der Waals surface area (Å²) in [6, 6.07) is 2.07. The van der Waals surface area contributed by atoms with E-state index in [9.17, 15) is 5.11 Å². The molecule has 0 aliphatic heterocycles. The van der Waals surface area contributed by atoms with E-state index < -0.39 is 0 Å². The maximum Gasteiger partial charge on any atom is 0.100 e. The van der Waals surface area contributed by atoms with Gasteiger partial charge in [-0.3, -0.25) is 0 Å². The van der Waals surface area contributed by atoms with Crippen molar-refractivity contribution < 1.29 is 9.84 Å². The minimum Gasteiger partial charge on any atom is -0.393 e. The number of ether oxygens (including phenoxy) is 1. The lowest BCUT2D eigenvalue weighted by Crippen LogP contribution is -2.12. The van der Waals surface area contributed by atoms with E-state index in [1.807, 2.05) is 0 Å². The van der Waals surface area contributed by atoms with Gasteiger partial charge in [0.1, 0.15) is 5.69 Å². The van der Waals surface area contributed by atoms with Gasteiger partial charge in [-0.1, -0.05) is 5.21 Å². The highest BCUT2D eigenvalue weighted by Gasteiger charge is 2.12. The monoisotopic (exact) mass is 238 g/mol. The highest BCUT2D eigenvalue weighted by atomic mass is 16.5. The zero-order valence-corrected chi connectivity index (χ0v) is 10.3. The van der Waals surface area contributed by atoms with Crippen molar-refractivity contribution in [1.82, 2.24) is 15.0 Å². The molecule has 0 aromatic carbocycles. The van der Waals surface area contributed by atoms with Gasteiger partial charge in [0.15, 0.2) is 0 Å². The molecule has 0 aliphatic rings. The third-order valence-electron chi connectivity index (χ3n) is 2.47. The number of rotatable bonds is 7. The third kappa shape index (κ3) is 4.13. The number of nitrogens with zero attached hydrogens (tertiary/aromatic N) is 4. The Kier molecular flexibility index (Phi) is 5.60. The van der Waals surface area contributed by atoms with E-state index in [0.29, 0.717) is 31.7 Å². The average Bonchev–Trinajstić information content (AvgIpc) is 2.67. The number of methoxy groups -OCH3 is 1. The fourth-order valence-electron chi connectivity index (χ4n) is 1.54. The average molecular weight is 238 g/mol. The molecule has 1 aromatic rings. The highest BCUT2D eigenvalue weighted by Crippen LogP contribution is 2.09. The van der Waals surface area contributed by atoms with E-state index in [4.69, 9.17) is 10.00 Å². The first-order valence-corrected chi connectivity index (χ1v) is 5.64. The van der Waals surface area contributed by atoms with Crippen LogP contribution in [0.2, 0.25) is 0 Å². The molecule has 17 heavy (non-hydrogen) atoms. The van der Waals surface area contributed by atoms with Gasteiger partial charge in [0.25, 0.3) is 0 Å². The first kappa shape index (κ1) is 13.6. The molecule has 0 bridgehead atoms.